The molecule has 1 amide bonds. The number of carbonyl (C=O) groups is 1. The first-order valence-corrected chi connectivity index (χ1v) is 8.56. The van der Waals surface area contributed by atoms with Crippen LogP contribution in [0.4, 0.5) is 24.9 Å². The number of carbonyl (C=O) groups excluding carboxylic acids is 1. The fourth-order valence-corrected chi connectivity index (χ4v) is 2.25. The first-order chi connectivity index (χ1) is 14.3. The van der Waals surface area contributed by atoms with Crippen LogP contribution in [0.2, 0.25) is 0 Å². The van der Waals surface area contributed by atoms with Gasteiger partial charge in [0.15, 0.2) is 5.76 Å². The summed E-state index contributed by atoms with van der Waals surface area (Å²) in [6.45, 7) is -0.592. The highest BCUT2D eigenvalue weighted by molar-refractivity contribution is 5.92. The molecule has 0 bridgehead atoms. The molecule has 0 saturated carbocycles. The summed E-state index contributed by atoms with van der Waals surface area (Å²) in [5, 5.41) is 23.2. The molecule has 1 atom stereocenters. The van der Waals surface area contributed by atoms with Gasteiger partial charge >= 0.3 is 6.18 Å². The van der Waals surface area contributed by atoms with Crippen LogP contribution in [-0.4, -0.2) is 50.3 Å². The van der Waals surface area contributed by atoms with Crippen LogP contribution in [0.1, 0.15) is 16.1 Å². The molecule has 166 valence electrons. The van der Waals surface area contributed by atoms with E-state index >= 15 is 0 Å². The zero-order valence-electron chi connectivity index (χ0n) is 15.6. The van der Waals surface area contributed by atoms with Crippen LogP contribution in [0.3, 0.4) is 0 Å². The predicted molar refractivity (Wildman–Crippen MR) is 105 cm³/mol. The van der Waals surface area contributed by atoms with Gasteiger partial charge in [-0.2, -0.15) is 13.2 Å². The standard InChI is InChI=1S/C18H16F3N5O4.ClH/c19-18(20,21)10-1-3-13(22-5-10)15-8-25-17(30-15)26-11-2-4-14(23-6-11)16(29)24-7-12(28)9-27;/h1-6,8,12,27-28H,7,9H2,(H,24,29)(H,25,26);1H. The Hall–Kier alpha value is -3.22. The van der Waals surface area contributed by atoms with Crippen LogP contribution in [0.5, 0.6) is 0 Å². The van der Waals surface area contributed by atoms with Gasteiger partial charge in [-0.1, -0.05) is 0 Å². The van der Waals surface area contributed by atoms with Gasteiger partial charge < -0.3 is 25.3 Å². The molecule has 0 aliphatic carbocycles. The first-order valence-electron chi connectivity index (χ1n) is 8.56. The van der Waals surface area contributed by atoms with Crippen molar-refractivity contribution in [1.29, 1.82) is 0 Å². The Kier molecular flexibility index (Phi) is 7.91. The van der Waals surface area contributed by atoms with Crippen molar-refractivity contribution in [3.05, 3.63) is 54.1 Å². The molecule has 1 unspecified atom stereocenters. The zero-order chi connectivity index (χ0) is 21.7. The number of amides is 1. The third-order valence-electron chi connectivity index (χ3n) is 3.81. The number of rotatable bonds is 7. The largest absolute Gasteiger partial charge is 0.422 e. The van der Waals surface area contributed by atoms with Gasteiger partial charge in [0, 0.05) is 12.7 Å². The Balaban J connectivity index is 0.00000341. The number of oxazole rings is 1. The van der Waals surface area contributed by atoms with Gasteiger partial charge in [-0.25, -0.2) is 9.97 Å². The van der Waals surface area contributed by atoms with Crippen LogP contribution in [-0.2, 0) is 6.18 Å². The minimum atomic E-state index is -4.48. The van der Waals surface area contributed by atoms with Gasteiger partial charge in [-0.3, -0.25) is 9.78 Å². The van der Waals surface area contributed by atoms with E-state index in [4.69, 9.17) is 9.52 Å². The number of hydrogen-bond acceptors (Lipinski definition) is 8. The molecule has 0 aromatic carbocycles. The third-order valence-corrected chi connectivity index (χ3v) is 3.81. The molecule has 4 N–H and O–H groups in total. The smallest absolute Gasteiger partial charge is 0.417 e. The summed E-state index contributed by atoms with van der Waals surface area (Å²) < 4.78 is 43.2. The lowest BCUT2D eigenvalue weighted by Gasteiger charge is -2.08. The molecule has 0 radical (unpaired) electrons. The summed E-state index contributed by atoms with van der Waals surface area (Å²) >= 11 is 0. The maximum Gasteiger partial charge on any atom is 0.417 e. The normalized spacial score (nSPS) is 12.0. The maximum absolute atomic E-state index is 12.6. The van der Waals surface area contributed by atoms with Gasteiger partial charge in [0.1, 0.15) is 11.4 Å². The lowest BCUT2D eigenvalue weighted by atomic mass is 10.2. The molecular formula is C18H17ClF3N5O4. The number of aromatic nitrogens is 3. The number of anilines is 2. The summed E-state index contributed by atoms with van der Waals surface area (Å²) in [7, 11) is 0. The molecule has 3 rings (SSSR count). The fourth-order valence-electron chi connectivity index (χ4n) is 2.25. The maximum atomic E-state index is 12.6. The van der Waals surface area contributed by atoms with E-state index in [9.17, 15) is 23.1 Å². The Labute approximate surface area is 179 Å². The average molecular weight is 460 g/mol. The molecule has 3 heterocycles. The molecule has 3 aromatic heterocycles. The molecule has 0 spiro atoms. The van der Waals surface area contributed by atoms with E-state index in [0.717, 1.165) is 6.07 Å². The van der Waals surface area contributed by atoms with Crippen molar-refractivity contribution < 1.29 is 32.6 Å². The number of hydrogen-bond donors (Lipinski definition) is 4. The highest BCUT2D eigenvalue weighted by Gasteiger charge is 2.30. The van der Waals surface area contributed by atoms with E-state index in [-0.39, 0.29) is 42.1 Å². The van der Waals surface area contributed by atoms with Gasteiger partial charge in [0.05, 0.1) is 36.4 Å². The minimum absolute atomic E-state index is 0. The second kappa shape index (κ2) is 10.2. The molecule has 13 heteroatoms. The van der Waals surface area contributed by atoms with Crippen molar-refractivity contribution in [3.8, 4) is 11.5 Å². The van der Waals surface area contributed by atoms with Crippen molar-refractivity contribution in [2.24, 2.45) is 0 Å². The number of aliphatic hydroxyl groups excluding tert-OH is 2. The monoisotopic (exact) mass is 459 g/mol. The number of nitrogens with zero attached hydrogens (tertiary/aromatic N) is 3. The second-order valence-corrected chi connectivity index (χ2v) is 6.06. The predicted octanol–water partition coefficient (Wildman–Crippen LogP) is 2.40. The highest BCUT2D eigenvalue weighted by Crippen LogP contribution is 2.30. The Morgan fingerprint density at radius 3 is 2.45 bits per heavy atom. The van der Waals surface area contributed by atoms with E-state index in [1.807, 2.05) is 0 Å². The number of halogens is 4. The average Bonchev–Trinajstić information content (AvgIpc) is 3.20. The summed E-state index contributed by atoms with van der Waals surface area (Å²) in [5.41, 5.74) is -0.160. The minimum Gasteiger partial charge on any atom is -0.422 e. The van der Waals surface area contributed by atoms with Gasteiger partial charge in [-0.05, 0) is 24.3 Å². The van der Waals surface area contributed by atoms with Crippen LogP contribution in [0, 0.1) is 0 Å². The summed E-state index contributed by atoms with van der Waals surface area (Å²) in [5.74, 6) is -0.363. The first kappa shape index (κ1) is 24.1. The summed E-state index contributed by atoms with van der Waals surface area (Å²) in [4.78, 5) is 23.6. The topological polar surface area (TPSA) is 133 Å². The quantitative estimate of drug-likeness (QED) is 0.423. The van der Waals surface area contributed by atoms with E-state index < -0.39 is 30.4 Å². The summed E-state index contributed by atoms with van der Waals surface area (Å²) in [6, 6.07) is 5.08. The zero-order valence-corrected chi connectivity index (χ0v) is 16.4. The lowest BCUT2D eigenvalue weighted by Crippen LogP contribution is -2.34. The van der Waals surface area contributed by atoms with E-state index in [0.29, 0.717) is 11.9 Å². The molecule has 31 heavy (non-hydrogen) atoms. The van der Waals surface area contributed by atoms with E-state index in [1.54, 1.807) is 0 Å². The van der Waals surface area contributed by atoms with Crippen LogP contribution in [0.15, 0.2) is 47.3 Å². The third kappa shape index (κ3) is 6.38. The lowest BCUT2D eigenvalue weighted by molar-refractivity contribution is -0.137. The van der Waals surface area contributed by atoms with Crippen molar-refractivity contribution in [1.82, 2.24) is 20.3 Å². The second-order valence-electron chi connectivity index (χ2n) is 6.06. The molecule has 3 aromatic rings. The van der Waals surface area contributed by atoms with Crippen LogP contribution < -0.4 is 10.6 Å². The molecule has 0 aliphatic heterocycles. The number of aliphatic hydroxyl groups is 2. The summed E-state index contributed by atoms with van der Waals surface area (Å²) in [6.07, 6.45) is -2.18. The van der Waals surface area contributed by atoms with Crippen molar-refractivity contribution >= 4 is 30.0 Å². The SMILES string of the molecule is Cl.O=C(NCC(O)CO)c1ccc(Nc2ncc(-c3ccc(C(F)(F)F)cn3)o2)cn1. The highest BCUT2D eigenvalue weighted by atomic mass is 35.5. The number of nitrogens with one attached hydrogen (secondary N) is 2. The van der Waals surface area contributed by atoms with Crippen molar-refractivity contribution in [2.75, 3.05) is 18.5 Å². The van der Waals surface area contributed by atoms with Crippen molar-refractivity contribution in [3.63, 3.8) is 0 Å². The number of alkyl halides is 3. The van der Waals surface area contributed by atoms with Gasteiger partial charge in [0.2, 0.25) is 0 Å². The van der Waals surface area contributed by atoms with Crippen molar-refractivity contribution in [2.45, 2.75) is 12.3 Å². The Bertz CT molecular complexity index is 997. The van der Waals surface area contributed by atoms with Crippen LogP contribution >= 0.6 is 12.4 Å². The molecule has 0 aliphatic rings. The van der Waals surface area contributed by atoms with Gasteiger partial charge in [-0.15, -0.1) is 12.4 Å². The molecule has 0 saturated heterocycles. The fraction of sp³-hybridized carbons (Fsp3) is 0.222. The molecule has 9 nitrogen and oxygen atoms in total. The number of pyridine rings is 2. The van der Waals surface area contributed by atoms with Gasteiger partial charge in [0.25, 0.3) is 11.9 Å². The molecule has 0 fully saturated rings. The Morgan fingerprint density at radius 2 is 1.87 bits per heavy atom. The van der Waals surface area contributed by atoms with Crippen LogP contribution in [0.25, 0.3) is 11.5 Å². The molecular weight excluding hydrogens is 443 g/mol. The van der Waals surface area contributed by atoms with E-state index in [2.05, 4.69) is 25.6 Å². The van der Waals surface area contributed by atoms with E-state index in [1.165, 1.54) is 30.6 Å². The Morgan fingerprint density at radius 1 is 1.10 bits per heavy atom.